The van der Waals surface area contributed by atoms with E-state index in [1.807, 2.05) is 48.5 Å². The number of nitrogens with zero attached hydrogens (tertiary/aromatic N) is 3. The summed E-state index contributed by atoms with van der Waals surface area (Å²) in [4.78, 5) is 31.0. The molecule has 2 fully saturated rings. The number of benzene rings is 2. The fourth-order valence-corrected chi connectivity index (χ4v) is 3.70. The van der Waals surface area contributed by atoms with Crippen molar-refractivity contribution in [3.8, 4) is 0 Å². The van der Waals surface area contributed by atoms with Crippen molar-refractivity contribution in [2.75, 3.05) is 31.1 Å². The molecule has 2 amide bonds. The summed E-state index contributed by atoms with van der Waals surface area (Å²) in [6, 6.07) is 19.1. The minimum Gasteiger partial charge on any atom is -0.375 e. The highest BCUT2D eigenvalue weighted by Crippen LogP contribution is 2.26. The summed E-state index contributed by atoms with van der Waals surface area (Å²) < 4.78 is 0. The van der Waals surface area contributed by atoms with Crippen molar-refractivity contribution in [3.63, 3.8) is 0 Å². The molecule has 0 radical (unpaired) electrons. The summed E-state index contributed by atoms with van der Waals surface area (Å²) in [6.45, 7) is 3.27. The summed E-state index contributed by atoms with van der Waals surface area (Å²) in [6.07, 6.45) is 4.50. The van der Waals surface area contributed by atoms with Gasteiger partial charge >= 0.3 is 0 Å². The van der Waals surface area contributed by atoms with Crippen LogP contribution < -0.4 is 4.90 Å². The van der Waals surface area contributed by atoms with Crippen LogP contribution in [0.3, 0.4) is 0 Å². The number of hydrogen-bond acceptors (Lipinski definition) is 4. The van der Waals surface area contributed by atoms with Crippen LogP contribution in [0, 0.1) is 0 Å². The molecule has 1 atom stereocenters. The van der Waals surface area contributed by atoms with Crippen LogP contribution in [0.4, 0.5) is 5.69 Å². The molecule has 0 bridgehead atoms. The normalized spacial score (nSPS) is 21.4. The van der Waals surface area contributed by atoms with E-state index in [0.717, 1.165) is 26.2 Å². The molecule has 0 unspecified atom stereocenters. The molecule has 2 aliphatic heterocycles. The van der Waals surface area contributed by atoms with Crippen LogP contribution in [0.2, 0.25) is 0 Å². The highest BCUT2D eigenvalue weighted by molar-refractivity contribution is 6.22. The number of para-hydroxylation sites is 1. The Morgan fingerprint density at radius 1 is 0.815 bits per heavy atom. The maximum atomic E-state index is 12.8. The monoisotopic (exact) mass is 361 g/mol. The molecule has 2 heterocycles. The van der Waals surface area contributed by atoms with Crippen LogP contribution in [0.5, 0.6) is 0 Å². The van der Waals surface area contributed by atoms with Crippen LogP contribution in [0.15, 0.2) is 66.9 Å². The first-order valence-corrected chi connectivity index (χ1v) is 9.35. The Morgan fingerprint density at radius 3 is 2.11 bits per heavy atom. The summed E-state index contributed by atoms with van der Waals surface area (Å²) in [7, 11) is 0. The molecule has 0 spiro atoms. The van der Waals surface area contributed by atoms with Gasteiger partial charge in [-0.2, -0.15) is 0 Å². The largest absolute Gasteiger partial charge is 0.375 e. The van der Waals surface area contributed by atoms with Gasteiger partial charge in [-0.15, -0.1) is 0 Å². The number of piperazine rings is 1. The van der Waals surface area contributed by atoms with Crippen molar-refractivity contribution in [2.24, 2.45) is 0 Å². The number of carbonyl (C=O) groups is 2. The zero-order chi connectivity index (χ0) is 18.6. The molecule has 5 nitrogen and oxygen atoms in total. The Bertz CT molecular complexity index is 827. The molecule has 2 aromatic rings. The average molecular weight is 361 g/mol. The molecule has 27 heavy (non-hydrogen) atoms. The minimum atomic E-state index is -0.335. The number of carbonyl (C=O) groups excluding carboxylic acids is 2. The smallest absolute Gasteiger partial charge is 0.251 e. The van der Waals surface area contributed by atoms with E-state index in [4.69, 9.17) is 0 Å². The quantitative estimate of drug-likeness (QED) is 0.786. The molecule has 0 saturated carbocycles. The van der Waals surface area contributed by atoms with Crippen LogP contribution in [0.1, 0.15) is 12.0 Å². The van der Waals surface area contributed by atoms with Crippen molar-refractivity contribution in [1.82, 2.24) is 9.80 Å². The Balaban J connectivity index is 1.37. The van der Waals surface area contributed by atoms with E-state index >= 15 is 0 Å². The van der Waals surface area contributed by atoms with Gasteiger partial charge in [0.2, 0.25) is 5.91 Å². The van der Waals surface area contributed by atoms with E-state index in [2.05, 4.69) is 34.2 Å². The topological polar surface area (TPSA) is 43.9 Å². The maximum Gasteiger partial charge on any atom is 0.251 e. The van der Waals surface area contributed by atoms with Gasteiger partial charge in [-0.25, -0.2) is 4.90 Å². The van der Waals surface area contributed by atoms with Gasteiger partial charge in [0.15, 0.2) is 0 Å². The second-order valence-electron chi connectivity index (χ2n) is 6.92. The Morgan fingerprint density at radius 2 is 1.44 bits per heavy atom. The number of anilines is 1. The molecule has 138 valence electrons. The maximum absolute atomic E-state index is 12.8. The lowest BCUT2D eigenvalue weighted by atomic mass is 10.1. The van der Waals surface area contributed by atoms with Crippen LogP contribution in [-0.4, -0.2) is 53.8 Å². The van der Waals surface area contributed by atoms with Crippen molar-refractivity contribution >= 4 is 23.6 Å². The van der Waals surface area contributed by atoms with Crippen LogP contribution in [-0.2, 0) is 9.59 Å². The van der Waals surface area contributed by atoms with E-state index in [1.165, 1.54) is 10.5 Å². The van der Waals surface area contributed by atoms with E-state index in [9.17, 15) is 9.59 Å². The molecule has 0 aromatic heterocycles. The fourth-order valence-electron chi connectivity index (χ4n) is 3.70. The zero-order valence-electron chi connectivity index (χ0n) is 15.2. The fraction of sp³-hybridized carbons (Fsp3) is 0.273. The van der Waals surface area contributed by atoms with Crippen molar-refractivity contribution in [2.45, 2.75) is 12.5 Å². The van der Waals surface area contributed by atoms with Gasteiger partial charge in [0.25, 0.3) is 5.91 Å². The number of amides is 2. The van der Waals surface area contributed by atoms with E-state index < -0.39 is 0 Å². The molecule has 2 aromatic carbocycles. The highest BCUT2D eigenvalue weighted by atomic mass is 16.2. The summed E-state index contributed by atoms with van der Waals surface area (Å²) >= 11 is 0. The first-order valence-electron chi connectivity index (χ1n) is 9.35. The predicted octanol–water partition coefficient (Wildman–Crippen LogP) is 2.61. The van der Waals surface area contributed by atoms with Gasteiger partial charge in [-0.1, -0.05) is 48.5 Å². The standard InChI is InChI=1S/C22H23N3O2/c26-21-17-20(22(27)25(21)19-9-5-2-6-10-19)24-15-13-23(14-16-24)12-11-18-7-3-1-4-8-18/h1-12,20H,13-17H2/b12-11-/t20-/m0/s1. The molecular formula is C22H23N3O2. The third-order valence-corrected chi connectivity index (χ3v) is 5.20. The van der Waals surface area contributed by atoms with Gasteiger partial charge in [0, 0.05) is 26.2 Å². The lowest BCUT2D eigenvalue weighted by Crippen LogP contribution is -2.51. The van der Waals surface area contributed by atoms with Gasteiger partial charge < -0.3 is 4.90 Å². The number of rotatable bonds is 4. The second-order valence-corrected chi connectivity index (χ2v) is 6.92. The third-order valence-electron chi connectivity index (χ3n) is 5.20. The predicted molar refractivity (Wildman–Crippen MR) is 106 cm³/mol. The van der Waals surface area contributed by atoms with Crippen LogP contribution >= 0.6 is 0 Å². The third kappa shape index (κ3) is 3.78. The summed E-state index contributed by atoms with van der Waals surface area (Å²) in [5, 5.41) is 0. The van der Waals surface area contributed by atoms with Crippen LogP contribution in [0.25, 0.3) is 6.08 Å². The lowest BCUT2D eigenvalue weighted by molar-refractivity contribution is -0.123. The van der Waals surface area contributed by atoms with E-state index in [0.29, 0.717) is 5.69 Å². The number of imide groups is 1. The number of hydrogen-bond donors (Lipinski definition) is 0. The second kappa shape index (κ2) is 7.76. The molecular weight excluding hydrogens is 338 g/mol. The van der Waals surface area contributed by atoms with Crippen molar-refractivity contribution in [1.29, 1.82) is 0 Å². The molecule has 2 aliphatic rings. The van der Waals surface area contributed by atoms with Crippen molar-refractivity contribution in [3.05, 3.63) is 72.4 Å². The summed E-state index contributed by atoms with van der Waals surface area (Å²) in [5.41, 5.74) is 1.84. The van der Waals surface area contributed by atoms with Gasteiger partial charge in [-0.3, -0.25) is 14.5 Å². The van der Waals surface area contributed by atoms with Gasteiger partial charge in [0.1, 0.15) is 0 Å². The molecule has 4 rings (SSSR count). The Labute approximate surface area is 159 Å². The van der Waals surface area contributed by atoms with Gasteiger partial charge in [0.05, 0.1) is 18.2 Å². The van der Waals surface area contributed by atoms with E-state index in [1.54, 1.807) is 0 Å². The zero-order valence-corrected chi connectivity index (χ0v) is 15.2. The van der Waals surface area contributed by atoms with E-state index in [-0.39, 0.29) is 24.3 Å². The molecule has 5 heteroatoms. The first-order chi connectivity index (χ1) is 13.2. The average Bonchev–Trinajstić information content (AvgIpc) is 3.02. The summed E-state index contributed by atoms with van der Waals surface area (Å²) in [5.74, 6) is -0.206. The highest BCUT2D eigenvalue weighted by Gasteiger charge is 2.43. The lowest BCUT2D eigenvalue weighted by Gasteiger charge is -2.36. The molecule has 0 N–H and O–H groups in total. The SMILES string of the molecule is O=C1C[C@H](N2CCN(/C=C\c3ccccc3)CC2)C(=O)N1c1ccccc1. The Kier molecular flexibility index (Phi) is 5.03. The Hall–Kier alpha value is -2.92. The molecule has 0 aliphatic carbocycles. The van der Waals surface area contributed by atoms with Gasteiger partial charge in [-0.05, 0) is 30.0 Å². The van der Waals surface area contributed by atoms with Crippen molar-refractivity contribution < 1.29 is 9.59 Å². The first kappa shape index (κ1) is 17.5. The minimum absolute atomic E-state index is 0.0977. The molecule has 2 saturated heterocycles.